The van der Waals surface area contributed by atoms with Gasteiger partial charge in [-0.05, 0) is 57.0 Å². The van der Waals surface area contributed by atoms with Gasteiger partial charge in [0.05, 0.1) is 20.3 Å². The Kier molecular flexibility index (Phi) is 3.84. The molecular formula is C17H25NO3. The number of aliphatic hydroxyl groups excluding tert-OH is 1. The van der Waals surface area contributed by atoms with Crippen LogP contribution in [0.3, 0.4) is 0 Å². The summed E-state index contributed by atoms with van der Waals surface area (Å²) in [6.07, 6.45) is 3.78. The highest BCUT2D eigenvalue weighted by Gasteiger charge is 2.50. The summed E-state index contributed by atoms with van der Waals surface area (Å²) >= 11 is 0. The van der Waals surface area contributed by atoms with Gasteiger partial charge >= 0.3 is 0 Å². The second kappa shape index (κ2) is 5.50. The van der Waals surface area contributed by atoms with Crippen LogP contribution in [-0.2, 0) is 5.41 Å². The first kappa shape index (κ1) is 14.7. The SMILES string of the molecule is COc1ccc([C@@]23CC[C@@H](O)CC2N(C)CC3)cc1OC. The van der Waals surface area contributed by atoms with E-state index in [0.717, 1.165) is 43.7 Å². The molecule has 0 aromatic heterocycles. The maximum atomic E-state index is 10.0. The van der Waals surface area contributed by atoms with E-state index in [0.29, 0.717) is 6.04 Å². The van der Waals surface area contributed by atoms with Crippen LogP contribution in [0.4, 0.5) is 0 Å². The van der Waals surface area contributed by atoms with Crippen molar-refractivity contribution in [3.63, 3.8) is 0 Å². The molecule has 2 fully saturated rings. The Labute approximate surface area is 126 Å². The molecule has 1 unspecified atom stereocenters. The van der Waals surface area contributed by atoms with E-state index in [9.17, 15) is 5.11 Å². The summed E-state index contributed by atoms with van der Waals surface area (Å²) in [7, 11) is 5.52. The second-order valence-corrected chi connectivity index (χ2v) is 6.40. The lowest BCUT2D eigenvalue weighted by Crippen LogP contribution is -2.47. The van der Waals surface area contributed by atoms with Crippen LogP contribution in [0.2, 0.25) is 0 Å². The van der Waals surface area contributed by atoms with E-state index in [1.807, 2.05) is 6.07 Å². The quantitative estimate of drug-likeness (QED) is 0.927. The molecule has 116 valence electrons. The van der Waals surface area contributed by atoms with Gasteiger partial charge in [0, 0.05) is 11.5 Å². The predicted molar refractivity (Wildman–Crippen MR) is 82.1 cm³/mol. The van der Waals surface area contributed by atoms with E-state index in [1.54, 1.807) is 14.2 Å². The average molecular weight is 291 g/mol. The fourth-order valence-corrected chi connectivity index (χ4v) is 4.24. The van der Waals surface area contributed by atoms with Gasteiger partial charge in [0.1, 0.15) is 0 Å². The van der Waals surface area contributed by atoms with Crippen molar-refractivity contribution in [1.29, 1.82) is 0 Å². The Balaban J connectivity index is 2.01. The largest absolute Gasteiger partial charge is 0.493 e. The molecule has 1 saturated carbocycles. The molecule has 3 atom stereocenters. The molecule has 4 heteroatoms. The Morgan fingerprint density at radius 1 is 1.19 bits per heavy atom. The fraction of sp³-hybridized carbons (Fsp3) is 0.647. The van der Waals surface area contributed by atoms with E-state index in [1.165, 1.54) is 5.56 Å². The van der Waals surface area contributed by atoms with Crippen LogP contribution in [0.1, 0.15) is 31.2 Å². The molecule has 1 saturated heterocycles. The number of hydrogen-bond acceptors (Lipinski definition) is 4. The van der Waals surface area contributed by atoms with E-state index in [4.69, 9.17) is 9.47 Å². The molecule has 0 bridgehead atoms. The van der Waals surface area contributed by atoms with Crippen LogP contribution in [0.25, 0.3) is 0 Å². The number of fused-ring (bicyclic) bond motifs is 1. The number of hydrogen-bond donors (Lipinski definition) is 1. The van der Waals surface area contributed by atoms with E-state index in [2.05, 4.69) is 24.1 Å². The number of nitrogens with zero attached hydrogens (tertiary/aromatic N) is 1. The van der Waals surface area contributed by atoms with Gasteiger partial charge < -0.3 is 19.5 Å². The summed E-state index contributed by atoms with van der Waals surface area (Å²) in [5.74, 6) is 1.57. The number of benzene rings is 1. The van der Waals surface area contributed by atoms with Gasteiger partial charge in [-0.2, -0.15) is 0 Å². The van der Waals surface area contributed by atoms with Crippen molar-refractivity contribution < 1.29 is 14.6 Å². The van der Waals surface area contributed by atoms with Crippen LogP contribution in [0.15, 0.2) is 18.2 Å². The van der Waals surface area contributed by atoms with Crippen LogP contribution >= 0.6 is 0 Å². The van der Waals surface area contributed by atoms with Crippen molar-refractivity contribution in [3.8, 4) is 11.5 Å². The molecule has 1 aromatic rings. The number of aliphatic hydroxyl groups is 1. The summed E-state index contributed by atoms with van der Waals surface area (Å²) in [5.41, 5.74) is 1.47. The zero-order valence-corrected chi connectivity index (χ0v) is 13.1. The normalized spacial score (nSPS) is 32.8. The molecule has 0 spiro atoms. The number of ether oxygens (including phenoxy) is 2. The second-order valence-electron chi connectivity index (χ2n) is 6.40. The molecule has 1 aliphatic carbocycles. The van der Waals surface area contributed by atoms with Gasteiger partial charge in [-0.3, -0.25) is 0 Å². The molecule has 0 amide bonds. The molecule has 2 aliphatic rings. The van der Waals surface area contributed by atoms with Crippen LogP contribution in [0.5, 0.6) is 11.5 Å². The summed E-state index contributed by atoms with van der Waals surface area (Å²) in [4.78, 5) is 2.40. The molecule has 0 radical (unpaired) electrons. The summed E-state index contributed by atoms with van der Waals surface area (Å²) in [6, 6.07) is 6.72. The Hall–Kier alpha value is -1.26. The molecule has 1 aromatic carbocycles. The number of methoxy groups -OCH3 is 2. The lowest BCUT2D eigenvalue weighted by molar-refractivity contribution is 0.0566. The van der Waals surface area contributed by atoms with Crippen molar-refractivity contribution >= 4 is 0 Å². The van der Waals surface area contributed by atoms with Crippen molar-refractivity contribution in [3.05, 3.63) is 23.8 Å². The Morgan fingerprint density at radius 2 is 1.95 bits per heavy atom. The molecule has 3 rings (SSSR count). The molecular weight excluding hydrogens is 266 g/mol. The van der Waals surface area contributed by atoms with Gasteiger partial charge in [-0.1, -0.05) is 6.07 Å². The molecule has 21 heavy (non-hydrogen) atoms. The number of likely N-dealkylation sites (N-methyl/N-ethyl adjacent to an activating group) is 1. The van der Waals surface area contributed by atoms with E-state index in [-0.39, 0.29) is 11.5 Å². The highest BCUT2D eigenvalue weighted by molar-refractivity contribution is 5.46. The first-order valence-electron chi connectivity index (χ1n) is 7.71. The maximum absolute atomic E-state index is 10.0. The van der Waals surface area contributed by atoms with Gasteiger partial charge in [0.2, 0.25) is 0 Å². The Morgan fingerprint density at radius 3 is 2.67 bits per heavy atom. The van der Waals surface area contributed by atoms with Crippen LogP contribution in [-0.4, -0.2) is 50.0 Å². The highest BCUT2D eigenvalue weighted by atomic mass is 16.5. The minimum absolute atomic E-state index is 0.146. The summed E-state index contributed by atoms with van der Waals surface area (Å²) in [6.45, 7) is 1.09. The Bertz CT molecular complexity index is 519. The van der Waals surface area contributed by atoms with Crippen molar-refractivity contribution in [2.75, 3.05) is 27.8 Å². The smallest absolute Gasteiger partial charge is 0.161 e. The summed E-state index contributed by atoms with van der Waals surface area (Å²) < 4.78 is 10.8. The third-order valence-corrected chi connectivity index (χ3v) is 5.46. The van der Waals surface area contributed by atoms with Crippen LogP contribution in [0, 0.1) is 0 Å². The van der Waals surface area contributed by atoms with Crippen molar-refractivity contribution in [1.82, 2.24) is 4.90 Å². The lowest BCUT2D eigenvalue weighted by atomic mass is 9.65. The van der Waals surface area contributed by atoms with Gasteiger partial charge in [0.15, 0.2) is 11.5 Å². The first-order chi connectivity index (χ1) is 10.1. The van der Waals surface area contributed by atoms with E-state index < -0.39 is 0 Å². The van der Waals surface area contributed by atoms with Crippen LogP contribution < -0.4 is 9.47 Å². The topological polar surface area (TPSA) is 41.9 Å². The third-order valence-electron chi connectivity index (χ3n) is 5.46. The standard InChI is InChI=1S/C17H25NO3/c1-18-9-8-17(7-6-13(19)11-16(17)18)12-4-5-14(20-2)15(10-12)21-3/h4-5,10,13,16,19H,6-9,11H2,1-3H3/t13-,16?,17+/m1/s1. The first-order valence-corrected chi connectivity index (χ1v) is 7.71. The van der Waals surface area contributed by atoms with Gasteiger partial charge in [-0.25, -0.2) is 0 Å². The summed E-state index contributed by atoms with van der Waals surface area (Å²) in [5, 5.41) is 10.0. The minimum atomic E-state index is -0.163. The fourth-order valence-electron chi connectivity index (χ4n) is 4.24. The van der Waals surface area contributed by atoms with Crippen molar-refractivity contribution in [2.24, 2.45) is 0 Å². The van der Waals surface area contributed by atoms with Gasteiger partial charge in [-0.15, -0.1) is 0 Å². The lowest BCUT2D eigenvalue weighted by Gasteiger charge is -2.43. The zero-order chi connectivity index (χ0) is 15.0. The van der Waals surface area contributed by atoms with Gasteiger partial charge in [0.25, 0.3) is 0 Å². The average Bonchev–Trinajstić information content (AvgIpc) is 2.85. The zero-order valence-electron chi connectivity index (χ0n) is 13.1. The highest BCUT2D eigenvalue weighted by Crippen LogP contribution is 2.49. The van der Waals surface area contributed by atoms with Crippen molar-refractivity contribution in [2.45, 2.75) is 43.2 Å². The molecule has 1 aliphatic heterocycles. The number of likely N-dealkylation sites (tertiary alicyclic amines) is 1. The van der Waals surface area contributed by atoms with E-state index >= 15 is 0 Å². The monoisotopic (exact) mass is 291 g/mol. The molecule has 1 heterocycles. The third kappa shape index (κ3) is 2.30. The molecule has 4 nitrogen and oxygen atoms in total. The maximum Gasteiger partial charge on any atom is 0.161 e. The predicted octanol–water partition coefficient (Wildman–Crippen LogP) is 2.19. The molecule has 1 N–H and O–H groups in total. The minimum Gasteiger partial charge on any atom is -0.493 e. The number of rotatable bonds is 3.